The highest BCUT2D eigenvalue weighted by Crippen LogP contribution is 2.23. The van der Waals surface area contributed by atoms with Crippen LogP contribution >= 0.6 is 0 Å². The monoisotopic (exact) mass is 281 g/mol. The van der Waals surface area contributed by atoms with Crippen molar-refractivity contribution in [2.24, 2.45) is 5.92 Å². The smallest absolute Gasteiger partial charge is 0.190 e. The SMILES string of the molecule is CC#CCCOc1c(F)cc(CNCC(C)C)cc1F. The zero-order valence-corrected chi connectivity index (χ0v) is 12.2. The molecule has 110 valence electrons. The molecule has 0 spiro atoms. The highest BCUT2D eigenvalue weighted by molar-refractivity contribution is 5.31. The minimum Gasteiger partial charge on any atom is -0.487 e. The molecule has 0 unspecified atom stereocenters. The van der Waals surface area contributed by atoms with Gasteiger partial charge in [-0.15, -0.1) is 11.8 Å². The van der Waals surface area contributed by atoms with Crippen LogP contribution in [-0.2, 0) is 6.54 Å². The van der Waals surface area contributed by atoms with Crippen molar-refractivity contribution in [3.05, 3.63) is 29.3 Å². The molecular weight excluding hydrogens is 260 g/mol. The van der Waals surface area contributed by atoms with Crippen LogP contribution in [-0.4, -0.2) is 13.2 Å². The van der Waals surface area contributed by atoms with E-state index >= 15 is 0 Å². The van der Waals surface area contributed by atoms with Crippen molar-refractivity contribution in [2.75, 3.05) is 13.2 Å². The van der Waals surface area contributed by atoms with Crippen LogP contribution in [0.1, 0.15) is 32.8 Å². The summed E-state index contributed by atoms with van der Waals surface area (Å²) in [5, 5.41) is 3.14. The Kier molecular flexibility index (Phi) is 7.03. The highest BCUT2D eigenvalue weighted by Gasteiger charge is 2.12. The maximum atomic E-state index is 13.8. The summed E-state index contributed by atoms with van der Waals surface area (Å²) in [4.78, 5) is 0. The first-order valence-corrected chi connectivity index (χ1v) is 6.75. The molecule has 1 aromatic rings. The van der Waals surface area contributed by atoms with Crippen LogP contribution in [0.25, 0.3) is 0 Å². The summed E-state index contributed by atoms with van der Waals surface area (Å²) in [5.41, 5.74) is 0.571. The third-order valence-corrected chi connectivity index (χ3v) is 2.59. The minimum absolute atomic E-state index is 0.180. The Balaban J connectivity index is 2.62. The Labute approximate surface area is 119 Å². The number of hydrogen-bond donors (Lipinski definition) is 1. The van der Waals surface area contributed by atoms with E-state index in [1.807, 2.05) is 0 Å². The number of hydrogen-bond acceptors (Lipinski definition) is 2. The van der Waals surface area contributed by atoms with E-state index < -0.39 is 11.6 Å². The van der Waals surface area contributed by atoms with Gasteiger partial charge in [-0.3, -0.25) is 0 Å². The average Bonchev–Trinajstić information content (AvgIpc) is 2.36. The minimum atomic E-state index is -0.671. The van der Waals surface area contributed by atoms with Gasteiger partial charge in [0.15, 0.2) is 17.4 Å². The van der Waals surface area contributed by atoms with Crippen LogP contribution in [0.4, 0.5) is 8.78 Å². The average molecular weight is 281 g/mol. The molecule has 1 rings (SSSR count). The maximum absolute atomic E-state index is 13.8. The van der Waals surface area contributed by atoms with E-state index in [0.29, 0.717) is 24.4 Å². The molecule has 2 nitrogen and oxygen atoms in total. The third-order valence-electron chi connectivity index (χ3n) is 2.59. The quantitative estimate of drug-likeness (QED) is 0.610. The number of halogens is 2. The summed E-state index contributed by atoms with van der Waals surface area (Å²) in [5.74, 6) is 4.30. The lowest BCUT2D eigenvalue weighted by molar-refractivity contribution is 0.292. The standard InChI is InChI=1S/C16H21F2NO/c1-4-5-6-7-20-16-14(17)8-13(9-15(16)18)11-19-10-12(2)3/h8-9,12,19H,6-7,10-11H2,1-3H3. The lowest BCUT2D eigenvalue weighted by Gasteiger charge is -2.11. The van der Waals surface area contributed by atoms with Crippen LogP contribution in [0.3, 0.4) is 0 Å². The van der Waals surface area contributed by atoms with Gasteiger partial charge < -0.3 is 10.1 Å². The molecule has 0 amide bonds. The molecular formula is C16H21F2NO. The fraction of sp³-hybridized carbons (Fsp3) is 0.500. The Morgan fingerprint density at radius 3 is 2.45 bits per heavy atom. The molecule has 0 aliphatic heterocycles. The second-order valence-corrected chi connectivity index (χ2v) is 4.94. The topological polar surface area (TPSA) is 21.3 Å². The molecule has 0 saturated carbocycles. The number of benzene rings is 1. The first-order chi connectivity index (χ1) is 9.54. The predicted molar refractivity (Wildman–Crippen MR) is 76.5 cm³/mol. The zero-order valence-electron chi connectivity index (χ0n) is 12.2. The van der Waals surface area contributed by atoms with Gasteiger partial charge >= 0.3 is 0 Å². The number of nitrogens with one attached hydrogen (secondary N) is 1. The van der Waals surface area contributed by atoms with Crippen LogP contribution < -0.4 is 10.1 Å². The van der Waals surface area contributed by atoms with Gasteiger partial charge in [0.25, 0.3) is 0 Å². The fourth-order valence-electron chi connectivity index (χ4n) is 1.69. The van der Waals surface area contributed by atoms with Crippen molar-refractivity contribution in [1.82, 2.24) is 5.32 Å². The van der Waals surface area contributed by atoms with Gasteiger partial charge in [-0.2, -0.15) is 0 Å². The zero-order chi connectivity index (χ0) is 15.0. The van der Waals surface area contributed by atoms with Gasteiger partial charge in [-0.05, 0) is 37.1 Å². The number of ether oxygens (including phenoxy) is 1. The normalized spacial score (nSPS) is 10.3. The molecule has 4 heteroatoms. The molecule has 0 radical (unpaired) electrons. The van der Waals surface area contributed by atoms with E-state index in [-0.39, 0.29) is 12.4 Å². The van der Waals surface area contributed by atoms with Crippen molar-refractivity contribution in [3.63, 3.8) is 0 Å². The first-order valence-electron chi connectivity index (χ1n) is 6.75. The van der Waals surface area contributed by atoms with E-state index in [4.69, 9.17) is 4.74 Å². The predicted octanol–water partition coefficient (Wildman–Crippen LogP) is 3.50. The Morgan fingerprint density at radius 1 is 1.25 bits per heavy atom. The van der Waals surface area contributed by atoms with Crippen molar-refractivity contribution < 1.29 is 13.5 Å². The van der Waals surface area contributed by atoms with Gasteiger partial charge in [-0.1, -0.05) is 13.8 Å². The van der Waals surface area contributed by atoms with Gasteiger partial charge in [0.2, 0.25) is 0 Å². The second-order valence-electron chi connectivity index (χ2n) is 4.94. The molecule has 0 bridgehead atoms. The summed E-state index contributed by atoms with van der Waals surface area (Å²) in [7, 11) is 0. The molecule has 0 aliphatic rings. The largest absolute Gasteiger partial charge is 0.487 e. The van der Waals surface area contributed by atoms with Crippen molar-refractivity contribution >= 4 is 0 Å². The lowest BCUT2D eigenvalue weighted by Crippen LogP contribution is -2.19. The summed E-state index contributed by atoms with van der Waals surface area (Å²) in [6.45, 7) is 7.28. The first kappa shape index (κ1) is 16.5. The maximum Gasteiger partial charge on any atom is 0.190 e. The fourth-order valence-corrected chi connectivity index (χ4v) is 1.69. The van der Waals surface area contributed by atoms with Crippen molar-refractivity contribution in [1.29, 1.82) is 0 Å². The lowest BCUT2D eigenvalue weighted by atomic mass is 10.1. The Hall–Kier alpha value is -1.60. The molecule has 1 aromatic carbocycles. The van der Waals surface area contributed by atoms with E-state index in [1.165, 1.54) is 12.1 Å². The van der Waals surface area contributed by atoms with Crippen molar-refractivity contribution in [3.8, 4) is 17.6 Å². The van der Waals surface area contributed by atoms with Gasteiger partial charge in [0, 0.05) is 13.0 Å². The molecule has 0 aliphatic carbocycles. The van der Waals surface area contributed by atoms with E-state index in [0.717, 1.165) is 6.54 Å². The van der Waals surface area contributed by atoms with Crippen LogP contribution in [0.15, 0.2) is 12.1 Å². The summed E-state index contributed by atoms with van der Waals surface area (Å²) in [6, 6.07) is 2.61. The summed E-state index contributed by atoms with van der Waals surface area (Å²) < 4.78 is 32.6. The number of rotatable bonds is 7. The van der Waals surface area contributed by atoms with Crippen LogP contribution in [0.5, 0.6) is 5.75 Å². The second kappa shape index (κ2) is 8.55. The van der Waals surface area contributed by atoms with Gasteiger partial charge in [0.1, 0.15) is 0 Å². The van der Waals surface area contributed by atoms with Crippen LogP contribution in [0, 0.1) is 29.4 Å². The summed E-state index contributed by atoms with van der Waals surface area (Å²) in [6.07, 6.45) is 0.451. The van der Waals surface area contributed by atoms with Gasteiger partial charge in [0.05, 0.1) is 6.61 Å². The third kappa shape index (κ3) is 5.58. The molecule has 20 heavy (non-hydrogen) atoms. The molecule has 0 fully saturated rings. The summed E-state index contributed by atoms with van der Waals surface area (Å²) >= 11 is 0. The van der Waals surface area contributed by atoms with E-state index in [1.54, 1.807) is 6.92 Å². The molecule has 0 atom stereocenters. The molecule has 1 N–H and O–H groups in total. The van der Waals surface area contributed by atoms with E-state index in [9.17, 15) is 8.78 Å². The van der Waals surface area contributed by atoms with E-state index in [2.05, 4.69) is 31.0 Å². The molecule has 0 saturated heterocycles. The molecule has 0 heterocycles. The molecule has 0 aromatic heterocycles. The van der Waals surface area contributed by atoms with Crippen molar-refractivity contribution in [2.45, 2.75) is 33.7 Å². The Morgan fingerprint density at radius 2 is 1.90 bits per heavy atom. The van der Waals surface area contributed by atoms with Crippen LogP contribution in [0.2, 0.25) is 0 Å². The highest BCUT2D eigenvalue weighted by atomic mass is 19.1. The van der Waals surface area contributed by atoms with Gasteiger partial charge in [-0.25, -0.2) is 8.78 Å². The Bertz CT molecular complexity index is 466.